The number of carbonyl (C=O) groups is 1. The lowest BCUT2D eigenvalue weighted by Gasteiger charge is -2.37. The van der Waals surface area contributed by atoms with E-state index in [2.05, 4.69) is 0 Å². The number of halogens is 1. The fourth-order valence-electron chi connectivity index (χ4n) is 4.20. The van der Waals surface area contributed by atoms with E-state index in [0.29, 0.717) is 17.3 Å². The van der Waals surface area contributed by atoms with Crippen molar-refractivity contribution in [3.8, 4) is 5.75 Å². The van der Waals surface area contributed by atoms with Gasteiger partial charge in [-0.2, -0.15) is 4.31 Å². The largest absolute Gasteiger partial charge is 0.491 e. The molecule has 0 aliphatic carbocycles. The molecular formula is C26H29ClN2O4S2. The third-order valence-corrected chi connectivity index (χ3v) is 9.42. The molecule has 1 aliphatic heterocycles. The average Bonchev–Trinajstić information content (AvgIpc) is 3.31. The van der Waals surface area contributed by atoms with E-state index in [1.165, 1.54) is 9.18 Å². The van der Waals surface area contributed by atoms with Crippen molar-refractivity contribution in [1.82, 2.24) is 9.21 Å². The molecule has 1 amide bonds. The van der Waals surface area contributed by atoms with Crippen LogP contribution < -0.4 is 4.74 Å². The minimum atomic E-state index is -3.83. The standard InChI is InChI=1S/C26H29ClN2O4S2/c1-18(2)29(35(31,32)22-10-4-19(3)5-11-22)16-26(30)28-14-12-25-23(13-15-34-25)24(28)17-33-21-8-6-20(27)7-9-21/h4-11,13,15,18,24H,12,14,16-17H2,1-3H3/t24-/m1/s1. The Morgan fingerprint density at radius 3 is 2.49 bits per heavy atom. The predicted molar refractivity (Wildman–Crippen MR) is 140 cm³/mol. The van der Waals surface area contributed by atoms with E-state index in [1.807, 2.05) is 18.4 Å². The molecule has 0 unspecified atom stereocenters. The number of thiophene rings is 1. The van der Waals surface area contributed by atoms with E-state index in [9.17, 15) is 13.2 Å². The van der Waals surface area contributed by atoms with E-state index in [4.69, 9.17) is 16.3 Å². The van der Waals surface area contributed by atoms with Gasteiger partial charge < -0.3 is 9.64 Å². The van der Waals surface area contributed by atoms with Crippen molar-refractivity contribution in [2.24, 2.45) is 0 Å². The molecule has 0 bridgehead atoms. The number of aryl methyl sites for hydroxylation is 1. The SMILES string of the molecule is Cc1ccc(S(=O)(=O)N(CC(=O)N2CCc3sccc3[C@H]2COc2ccc(Cl)cc2)C(C)C)cc1. The molecule has 0 spiro atoms. The second-order valence-electron chi connectivity index (χ2n) is 8.87. The van der Waals surface area contributed by atoms with E-state index in [1.54, 1.807) is 78.6 Å². The van der Waals surface area contributed by atoms with E-state index in [-0.39, 0.29) is 36.0 Å². The van der Waals surface area contributed by atoms with E-state index < -0.39 is 10.0 Å². The van der Waals surface area contributed by atoms with Gasteiger partial charge >= 0.3 is 0 Å². The average molecular weight is 533 g/mol. The van der Waals surface area contributed by atoms with Gasteiger partial charge in [-0.1, -0.05) is 29.3 Å². The van der Waals surface area contributed by atoms with Crippen LogP contribution in [-0.4, -0.2) is 49.3 Å². The minimum absolute atomic E-state index is 0.186. The number of fused-ring (bicyclic) bond motifs is 1. The van der Waals surface area contributed by atoms with Crippen LogP contribution in [0.3, 0.4) is 0 Å². The second-order valence-corrected chi connectivity index (χ2v) is 12.2. The van der Waals surface area contributed by atoms with Crippen molar-refractivity contribution in [2.45, 2.75) is 44.2 Å². The van der Waals surface area contributed by atoms with Gasteiger partial charge in [0.1, 0.15) is 12.4 Å². The molecule has 4 rings (SSSR count). The summed E-state index contributed by atoms with van der Waals surface area (Å²) in [5.74, 6) is 0.422. The summed E-state index contributed by atoms with van der Waals surface area (Å²) in [5, 5.41) is 2.64. The van der Waals surface area contributed by atoms with Gasteiger partial charge in [0.25, 0.3) is 0 Å². The number of ether oxygens (including phenoxy) is 1. The maximum Gasteiger partial charge on any atom is 0.243 e. The van der Waals surface area contributed by atoms with Crippen LogP contribution in [0.4, 0.5) is 0 Å². The summed E-state index contributed by atoms with van der Waals surface area (Å²) in [7, 11) is -3.83. The summed E-state index contributed by atoms with van der Waals surface area (Å²) in [6, 6.07) is 15.2. The van der Waals surface area contributed by atoms with Crippen LogP contribution in [-0.2, 0) is 21.2 Å². The molecule has 186 valence electrons. The van der Waals surface area contributed by atoms with Gasteiger partial charge in [0.15, 0.2) is 0 Å². The molecule has 0 fully saturated rings. The van der Waals surface area contributed by atoms with Crippen molar-refractivity contribution in [2.75, 3.05) is 19.7 Å². The van der Waals surface area contributed by atoms with Crippen molar-refractivity contribution in [1.29, 1.82) is 0 Å². The number of rotatable bonds is 8. The topological polar surface area (TPSA) is 66.9 Å². The quantitative estimate of drug-likeness (QED) is 0.394. The lowest BCUT2D eigenvalue weighted by atomic mass is 10.0. The molecule has 3 aromatic rings. The van der Waals surface area contributed by atoms with Crippen LogP contribution >= 0.6 is 22.9 Å². The summed E-state index contributed by atoms with van der Waals surface area (Å²) in [6.45, 7) is 6.02. The first-order valence-electron chi connectivity index (χ1n) is 11.5. The van der Waals surface area contributed by atoms with Crippen LogP contribution in [0.15, 0.2) is 64.9 Å². The third-order valence-electron chi connectivity index (χ3n) is 6.13. The van der Waals surface area contributed by atoms with Gasteiger partial charge in [-0.25, -0.2) is 8.42 Å². The molecule has 6 nitrogen and oxygen atoms in total. The summed E-state index contributed by atoms with van der Waals surface area (Å²) in [5.41, 5.74) is 2.03. The van der Waals surface area contributed by atoms with Crippen LogP contribution in [0.2, 0.25) is 5.02 Å². The van der Waals surface area contributed by atoms with Crippen molar-refractivity contribution < 1.29 is 17.9 Å². The molecular weight excluding hydrogens is 504 g/mol. The minimum Gasteiger partial charge on any atom is -0.491 e. The fraction of sp³-hybridized carbons (Fsp3) is 0.346. The smallest absolute Gasteiger partial charge is 0.243 e. The third kappa shape index (κ3) is 5.72. The summed E-state index contributed by atoms with van der Waals surface area (Å²) < 4.78 is 34.1. The Labute approximate surface area is 216 Å². The molecule has 1 aliphatic rings. The Kier molecular flexibility index (Phi) is 7.86. The highest BCUT2D eigenvalue weighted by molar-refractivity contribution is 7.89. The first-order chi connectivity index (χ1) is 16.7. The zero-order chi connectivity index (χ0) is 25.2. The summed E-state index contributed by atoms with van der Waals surface area (Å²) >= 11 is 7.65. The molecule has 0 radical (unpaired) electrons. The molecule has 0 saturated carbocycles. The zero-order valence-electron chi connectivity index (χ0n) is 20.0. The molecule has 0 saturated heterocycles. The maximum atomic E-state index is 13.6. The molecule has 1 atom stereocenters. The van der Waals surface area contributed by atoms with Gasteiger partial charge in [0, 0.05) is 22.5 Å². The maximum absolute atomic E-state index is 13.6. The molecule has 9 heteroatoms. The summed E-state index contributed by atoms with van der Waals surface area (Å²) in [6.07, 6.45) is 0.739. The summed E-state index contributed by atoms with van der Waals surface area (Å²) in [4.78, 5) is 16.8. The number of sulfonamides is 1. The van der Waals surface area contributed by atoms with Crippen molar-refractivity contribution in [3.05, 3.63) is 81.0 Å². The molecule has 2 aromatic carbocycles. The van der Waals surface area contributed by atoms with E-state index >= 15 is 0 Å². The van der Waals surface area contributed by atoms with Crippen LogP contribution in [0.1, 0.15) is 35.9 Å². The lowest BCUT2D eigenvalue weighted by Crippen LogP contribution is -2.49. The van der Waals surface area contributed by atoms with E-state index in [0.717, 1.165) is 17.5 Å². The Bertz CT molecular complexity index is 1270. The normalized spacial score (nSPS) is 15.9. The Balaban J connectivity index is 1.56. The van der Waals surface area contributed by atoms with Crippen molar-refractivity contribution in [3.63, 3.8) is 0 Å². The van der Waals surface area contributed by atoms with Crippen LogP contribution in [0.25, 0.3) is 0 Å². The van der Waals surface area contributed by atoms with Crippen LogP contribution in [0, 0.1) is 6.92 Å². The van der Waals surface area contributed by atoms with Crippen LogP contribution in [0.5, 0.6) is 5.75 Å². The highest BCUT2D eigenvalue weighted by Crippen LogP contribution is 2.34. The number of carbonyl (C=O) groups excluding carboxylic acids is 1. The molecule has 1 aromatic heterocycles. The van der Waals surface area contributed by atoms with Gasteiger partial charge in [-0.15, -0.1) is 11.3 Å². The Hall–Kier alpha value is -2.39. The monoisotopic (exact) mass is 532 g/mol. The second kappa shape index (κ2) is 10.7. The fourth-order valence-corrected chi connectivity index (χ4v) is 6.84. The lowest BCUT2D eigenvalue weighted by molar-refractivity contribution is -0.135. The first-order valence-corrected chi connectivity index (χ1v) is 14.2. The number of nitrogens with zero attached hydrogens (tertiary/aromatic N) is 2. The molecule has 0 N–H and O–H groups in total. The number of hydrogen-bond acceptors (Lipinski definition) is 5. The number of amides is 1. The molecule has 35 heavy (non-hydrogen) atoms. The Morgan fingerprint density at radius 2 is 1.83 bits per heavy atom. The molecule has 2 heterocycles. The first kappa shape index (κ1) is 25.7. The predicted octanol–water partition coefficient (Wildman–Crippen LogP) is 5.31. The Morgan fingerprint density at radius 1 is 1.14 bits per heavy atom. The number of benzene rings is 2. The zero-order valence-corrected chi connectivity index (χ0v) is 22.4. The number of hydrogen-bond donors (Lipinski definition) is 0. The van der Waals surface area contributed by atoms with Gasteiger partial charge in [0.2, 0.25) is 15.9 Å². The van der Waals surface area contributed by atoms with Crippen molar-refractivity contribution >= 4 is 38.9 Å². The van der Waals surface area contributed by atoms with Gasteiger partial charge in [-0.05, 0) is 80.6 Å². The van der Waals surface area contributed by atoms with Gasteiger partial charge in [0.05, 0.1) is 17.5 Å². The highest BCUT2D eigenvalue weighted by atomic mass is 35.5. The highest BCUT2D eigenvalue weighted by Gasteiger charge is 2.36. The van der Waals surface area contributed by atoms with Gasteiger partial charge in [-0.3, -0.25) is 4.79 Å².